The Morgan fingerprint density at radius 2 is 1.87 bits per heavy atom. The fraction of sp³-hybridized carbons (Fsp3) is 0.200. The van der Waals surface area contributed by atoms with Crippen LogP contribution in [0.2, 0.25) is 0 Å². The van der Waals surface area contributed by atoms with Gasteiger partial charge in [-0.1, -0.05) is 30.3 Å². The Balaban J connectivity index is 1.53. The average Bonchev–Trinajstić information content (AvgIpc) is 3.52. The number of ketones is 1. The van der Waals surface area contributed by atoms with Crippen LogP contribution in [0.3, 0.4) is 0 Å². The molecule has 0 radical (unpaired) electrons. The topological polar surface area (TPSA) is 130 Å². The maximum absolute atomic E-state index is 13.8. The number of carboxylic acid groups (broad SMARTS) is 1. The number of nitrogens with zero attached hydrogens (tertiary/aromatic N) is 1. The molecule has 2 aromatic carbocycles. The Hall–Kier alpha value is -4.92. The summed E-state index contributed by atoms with van der Waals surface area (Å²) < 4.78 is 11.0. The van der Waals surface area contributed by atoms with Crippen LogP contribution in [0.25, 0.3) is 17.3 Å². The molecular formula is C30H27N3O6. The van der Waals surface area contributed by atoms with Crippen molar-refractivity contribution in [2.24, 2.45) is 10.9 Å². The molecule has 0 fully saturated rings. The molecule has 0 amide bonds. The van der Waals surface area contributed by atoms with Gasteiger partial charge >= 0.3 is 11.9 Å². The summed E-state index contributed by atoms with van der Waals surface area (Å²) in [5.41, 5.74) is 4.05. The number of Topliss-reactive ketones (excluding diaryl/α,β-unsaturated/α-hetero) is 1. The first-order valence-electron chi connectivity index (χ1n) is 12.5. The molecule has 0 bridgehead atoms. The summed E-state index contributed by atoms with van der Waals surface area (Å²) in [6.45, 7) is 3.70. The number of para-hydroxylation sites is 1. The van der Waals surface area contributed by atoms with Gasteiger partial charge in [0.25, 0.3) is 0 Å². The van der Waals surface area contributed by atoms with E-state index in [1.807, 2.05) is 24.3 Å². The van der Waals surface area contributed by atoms with Crippen LogP contribution in [0.4, 0.5) is 0 Å². The second kappa shape index (κ2) is 10.4. The van der Waals surface area contributed by atoms with Crippen molar-refractivity contribution >= 4 is 29.6 Å². The van der Waals surface area contributed by atoms with E-state index in [0.29, 0.717) is 45.4 Å². The maximum Gasteiger partial charge on any atom is 0.336 e. The number of carboxylic acids is 1. The minimum atomic E-state index is -1.01. The number of nitrogens with one attached hydrogen (secondary N) is 2. The van der Waals surface area contributed by atoms with Gasteiger partial charge in [-0.15, -0.1) is 0 Å². The first-order chi connectivity index (χ1) is 18.8. The highest BCUT2D eigenvalue weighted by Gasteiger charge is 2.48. The van der Waals surface area contributed by atoms with Gasteiger partial charge in [0, 0.05) is 28.6 Å². The summed E-state index contributed by atoms with van der Waals surface area (Å²) in [6.07, 6.45) is 1.65. The van der Waals surface area contributed by atoms with Gasteiger partial charge in [0.1, 0.15) is 17.3 Å². The predicted molar refractivity (Wildman–Crippen MR) is 145 cm³/mol. The van der Waals surface area contributed by atoms with E-state index in [9.17, 15) is 19.5 Å². The normalized spacial score (nSPS) is 19.4. The van der Waals surface area contributed by atoms with Crippen molar-refractivity contribution in [2.75, 3.05) is 13.7 Å². The molecule has 3 heterocycles. The zero-order chi connectivity index (χ0) is 27.7. The molecule has 2 unspecified atom stereocenters. The number of carbonyl (C=O) groups is 3. The predicted octanol–water partition coefficient (Wildman–Crippen LogP) is 4.55. The third-order valence-corrected chi connectivity index (χ3v) is 6.82. The number of rotatable bonds is 7. The molecule has 3 aromatic rings. The Morgan fingerprint density at radius 1 is 1.08 bits per heavy atom. The van der Waals surface area contributed by atoms with Crippen LogP contribution in [0, 0.1) is 5.92 Å². The molecule has 9 nitrogen and oxygen atoms in total. The number of amidine groups is 1. The average molecular weight is 526 g/mol. The smallest absolute Gasteiger partial charge is 0.336 e. The van der Waals surface area contributed by atoms with Gasteiger partial charge in [-0.25, -0.2) is 14.6 Å². The van der Waals surface area contributed by atoms with Crippen molar-refractivity contribution in [3.8, 4) is 17.0 Å². The third-order valence-electron chi connectivity index (χ3n) is 6.82. The molecule has 2 aliphatic heterocycles. The van der Waals surface area contributed by atoms with Gasteiger partial charge in [-0.2, -0.15) is 0 Å². The van der Waals surface area contributed by atoms with Gasteiger partial charge in [0.15, 0.2) is 5.78 Å². The number of allylic oxidation sites excluding steroid dienone is 2. The fourth-order valence-electron chi connectivity index (χ4n) is 5.09. The van der Waals surface area contributed by atoms with E-state index in [-0.39, 0.29) is 23.7 Å². The highest BCUT2D eigenvalue weighted by molar-refractivity contribution is 6.21. The number of aromatic amines is 1. The lowest BCUT2D eigenvalue weighted by Crippen LogP contribution is -2.42. The summed E-state index contributed by atoms with van der Waals surface area (Å²) in [5, 5.41) is 12.5. The van der Waals surface area contributed by atoms with Crippen molar-refractivity contribution in [1.82, 2.24) is 10.3 Å². The number of carbonyl (C=O) groups excluding carboxylic acids is 2. The second-order valence-corrected chi connectivity index (χ2v) is 9.19. The molecule has 3 N–H and O–H groups in total. The fourth-order valence-corrected chi connectivity index (χ4v) is 5.09. The van der Waals surface area contributed by atoms with Gasteiger partial charge in [0.2, 0.25) is 0 Å². The molecule has 0 spiro atoms. The van der Waals surface area contributed by atoms with Crippen molar-refractivity contribution in [2.45, 2.75) is 19.8 Å². The van der Waals surface area contributed by atoms with E-state index in [1.54, 1.807) is 57.4 Å². The third kappa shape index (κ3) is 4.74. The maximum atomic E-state index is 13.8. The Labute approximate surface area is 224 Å². The number of methoxy groups -OCH3 is 1. The number of hydrogen-bond acceptors (Lipinski definition) is 7. The van der Waals surface area contributed by atoms with Gasteiger partial charge < -0.3 is 24.9 Å². The SMILES string of the molecule is CCOC(=O)C1=C(C)NC2=N/C(=C/c3ccc(-c4cccc(C(=O)O)c4)[nH]3)C(=O)C2C1c1ccccc1OC. The molecule has 1 aromatic heterocycles. The van der Waals surface area contributed by atoms with E-state index in [2.05, 4.69) is 15.3 Å². The molecule has 39 heavy (non-hydrogen) atoms. The Kier molecular flexibility index (Phi) is 6.89. The minimum absolute atomic E-state index is 0.178. The van der Waals surface area contributed by atoms with Crippen LogP contribution >= 0.6 is 0 Å². The standard InChI is InChI=1S/C30H27N3O6/c1-4-39-30(37)24-16(2)31-28-26(25(24)20-10-5-6-11-23(20)38-3)27(34)22(33-28)15-19-12-13-21(32-19)17-8-7-9-18(14-17)29(35)36/h5-15,25-26,32H,4H2,1-3H3,(H,31,33)(H,35,36)/b22-15+. The van der Waals surface area contributed by atoms with Crippen LogP contribution in [-0.4, -0.2) is 47.4 Å². The Bertz CT molecular complexity index is 1580. The summed E-state index contributed by atoms with van der Waals surface area (Å²) in [6, 6.07) is 17.5. The highest BCUT2D eigenvalue weighted by Crippen LogP contribution is 2.45. The summed E-state index contributed by atoms with van der Waals surface area (Å²) >= 11 is 0. The number of H-pyrrole nitrogens is 1. The monoisotopic (exact) mass is 525 g/mol. The van der Waals surface area contributed by atoms with E-state index < -0.39 is 23.8 Å². The number of aromatic nitrogens is 1. The lowest BCUT2D eigenvalue weighted by Gasteiger charge is -2.33. The second-order valence-electron chi connectivity index (χ2n) is 9.19. The molecule has 0 saturated carbocycles. The summed E-state index contributed by atoms with van der Waals surface area (Å²) in [7, 11) is 1.55. The van der Waals surface area contributed by atoms with Crippen LogP contribution in [0.5, 0.6) is 5.75 Å². The van der Waals surface area contributed by atoms with E-state index in [0.717, 1.165) is 0 Å². The van der Waals surface area contributed by atoms with Crippen LogP contribution in [0.15, 0.2) is 82.6 Å². The Morgan fingerprint density at radius 3 is 2.62 bits per heavy atom. The molecule has 2 atom stereocenters. The molecule has 0 saturated heterocycles. The lowest BCUT2D eigenvalue weighted by molar-refractivity contribution is -0.139. The minimum Gasteiger partial charge on any atom is -0.496 e. The first kappa shape index (κ1) is 25.7. The van der Waals surface area contributed by atoms with Crippen LogP contribution in [0.1, 0.15) is 41.4 Å². The number of ether oxygens (including phenoxy) is 2. The number of fused-ring (bicyclic) bond motifs is 1. The molecule has 198 valence electrons. The van der Waals surface area contributed by atoms with Crippen molar-refractivity contribution in [3.63, 3.8) is 0 Å². The first-order valence-corrected chi connectivity index (χ1v) is 12.5. The van der Waals surface area contributed by atoms with Crippen molar-refractivity contribution in [1.29, 1.82) is 0 Å². The zero-order valence-corrected chi connectivity index (χ0v) is 21.6. The van der Waals surface area contributed by atoms with Crippen molar-refractivity contribution < 1.29 is 29.0 Å². The van der Waals surface area contributed by atoms with Crippen molar-refractivity contribution in [3.05, 3.63) is 94.5 Å². The molecule has 2 aliphatic rings. The molecule has 0 aliphatic carbocycles. The van der Waals surface area contributed by atoms with E-state index in [4.69, 9.17) is 9.47 Å². The van der Waals surface area contributed by atoms with E-state index in [1.165, 1.54) is 6.07 Å². The summed E-state index contributed by atoms with van der Waals surface area (Å²) in [5.74, 6) is -2.17. The molecule has 9 heteroatoms. The van der Waals surface area contributed by atoms with E-state index >= 15 is 0 Å². The molecular weight excluding hydrogens is 498 g/mol. The van der Waals surface area contributed by atoms with Gasteiger partial charge in [-0.3, -0.25) is 4.79 Å². The van der Waals surface area contributed by atoms with Gasteiger partial charge in [0.05, 0.1) is 30.8 Å². The number of aromatic carboxylic acids is 1. The summed E-state index contributed by atoms with van der Waals surface area (Å²) in [4.78, 5) is 46.1. The lowest BCUT2D eigenvalue weighted by atomic mass is 9.75. The van der Waals surface area contributed by atoms with Gasteiger partial charge in [-0.05, 0) is 55.8 Å². The number of benzene rings is 2. The highest BCUT2D eigenvalue weighted by atomic mass is 16.5. The largest absolute Gasteiger partial charge is 0.496 e. The van der Waals surface area contributed by atoms with Crippen LogP contribution < -0.4 is 10.1 Å². The quantitative estimate of drug-likeness (QED) is 0.305. The van der Waals surface area contributed by atoms with Crippen LogP contribution in [-0.2, 0) is 14.3 Å². The number of aliphatic imine (C=N–C) groups is 1. The number of hydrogen-bond donors (Lipinski definition) is 3. The molecule has 5 rings (SSSR count). The number of esters is 1. The zero-order valence-electron chi connectivity index (χ0n) is 21.6.